The van der Waals surface area contributed by atoms with Crippen LogP contribution >= 0.6 is 0 Å². The third-order valence-electron chi connectivity index (χ3n) is 6.82. The number of halogens is 3. The number of carbonyl (C=O) groups excluding carboxylic acids is 2. The molecule has 2 aliphatic rings. The van der Waals surface area contributed by atoms with E-state index in [9.17, 15) is 27.9 Å². The second-order valence-electron chi connectivity index (χ2n) is 9.36. The number of β-amino-alcohol motifs (C(OH)–C–C–N with tert-alkyl or cyclic N) is 1. The van der Waals surface area contributed by atoms with Gasteiger partial charge in [0.15, 0.2) is 0 Å². The number of carbonyl (C=O) groups is 2. The van der Waals surface area contributed by atoms with Gasteiger partial charge in [0.05, 0.1) is 36.0 Å². The highest BCUT2D eigenvalue weighted by Crippen LogP contribution is 2.32. The third-order valence-corrected chi connectivity index (χ3v) is 6.82. The first kappa shape index (κ1) is 25.2. The van der Waals surface area contributed by atoms with E-state index in [-0.39, 0.29) is 5.56 Å². The van der Waals surface area contributed by atoms with Gasteiger partial charge >= 0.3 is 6.18 Å². The zero-order valence-electron chi connectivity index (χ0n) is 19.5. The summed E-state index contributed by atoms with van der Waals surface area (Å²) in [4.78, 5) is 26.7. The lowest BCUT2D eigenvalue weighted by molar-refractivity contribution is -0.137. The van der Waals surface area contributed by atoms with Gasteiger partial charge in [0.1, 0.15) is 0 Å². The Labute approximate surface area is 201 Å². The quantitative estimate of drug-likeness (QED) is 0.574. The smallest absolute Gasteiger partial charge is 0.390 e. The van der Waals surface area contributed by atoms with E-state index in [1.165, 1.54) is 6.07 Å². The van der Waals surface area contributed by atoms with E-state index in [0.29, 0.717) is 25.2 Å². The van der Waals surface area contributed by atoms with Crippen molar-refractivity contribution in [2.24, 2.45) is 0 Å². The number of alkyl halides is 3. The van der Waals surface area contributed by atoms with Crippen LogP contribution in [0.4, 0.5) is 13.2 Å². The molecule has 11 heteroatoms. The van der Waals surface area contributed by atoms with Crippen LogP contribution in [0, 0.1) is 6.92 Å². The Bertz CT molecular complexity index is 1050. The van der Waals surface area contributed by atoms with E-state index < -0.39 is 42.2 Å². The number of hydrogen-bond donors (Lipinski definition) is 3. The fourth-order valence-corrected chi connectivity index (χ4v) is 4.94. The molecule has 2 amide bonds. The van der Waals surface area contributed by atoms with Gasteiger partial charge in [-0.05, 0) is 56.9 Å². The summed E-state index contributed by atoms with van der Waals surface area (Å²) in [5, 5.41) is 20.1. The highest BCUT2D eigenvalue weighted by atomic mass is 19.4. The molecule has 1 saturated heterocycles. The first-order valence-corrected chi connectivity index (χ1v) is 11.8. The van der Waals surface area contributed by atoms with Gasteiger partial charge in [-0.1, -0.05) is 6.07 Å². The van der Waals surface area contributed by atoms with Crippen molar-refractivity contribution in [1.29, 1.82) is 0 Å². The molecule has 2 fully saturated rings. The second-order valence-corrected chi connectivity index (χ2v) is 9.36. The summed E-state index contributed by atoms with van der Waals surface area (Å²) in [5.41, 5.74) is -0.113. The van der Waals surface area contributed by atoms with Crippen LogP contribution in [0.3, 0.4) is 0 Å². The average Bonchev–Trinajstić information content (AvgIpc) is 3.42. The monoisotopic (exact) mass is 493 g/mol. The van der Waals surface area contributed by atoms with Crippen LogP contribution in [0.1, 0.15) is 53.3 Å². The lowest BCUT2D eigenvalue weighted by atomic mass is 9.90. The van der Waals surface area contributed by atoms with Gasteiger partial charge in [-0.25, -0.2) is 0 Å². The molecule has 0 bridgehead atoms. The maximum absolute atomic E-state index is 12.8. The number of hydrogen-bond acceptors (Lipinski definition) is 5. The summed E-state index contributed by atoms with van der Waals surface area (Å²) in [6, 6.07) is 6.24. The fraction of sp³-hybridized carbons (Fsp3) is 0.542. The Morgan fingerprint density at radius 3 is 2.49 bits per heavy atom. The molecule has 4 rings (SSSR count). The predicted molar refractivity (Wildman–Crippen MR) is 122 cm³/mol. The van der Waals surface area contributed by atoms with Gasteiger partial charge in [0.25, 0.3) is 5.91 Å². The Balaban J connectivity index is 1.23. The molecule has 1 aliphatic heterocycles. The molecular weight excluding hydrogens is 463 g/mol. The predicted octanol–water partition coefficient (Wildman–Crippen LogP) is 2.29. The largest absolute Gasteiger partial charge is 0.416 e. The molecular formula is C24H30F3N5O3. The Morgan fingerprint density at radius 2 is 1.83 bits per heavy atom. The SMILES string of the molecule is Cc1ccn(C2CCC(N3C[C@@H](O)[C@@H](NC(=O)CNC(=O)c4cccc(C(F)(F)F)c4)C3)CC2)n1. The molecule has 3 N–H and O–H groups in total. The third kappa shape index (κ3) is 6.21. The van der Waals surface area contributed by atoms with Crippen LogP contribution in [0.15, 0.2) is 36.5 Å². The molecule has 190 valence electrons. The summed E-state index contributed by atoms with van der Waals surface area (Å²) < 4.78 is 40.6. The fourth-order valence-electron chi connectivity index (χ4n) is 4.94. The van der Waals surface area contributed by atoms with Crippen LogP contribution < -0.4 is 10.6 Å². The van der Waals surface area contributed by atoms with Crippen molar-refractivity contribution in [3.8, 4) is 0 Å². The van der Waals surface area contributed by atoms with Crippen LogP contribution in [0.25, 0.3) is 0 Å². The number of aryl methyl sites for hydroxylation is 1. The number of benzene rings is 1. The molecule has 1 saturated carbocycles. The van der Waals surface area contributed by atoms with Gasteiger partial charge in [0, 0.05) is 30.9 Å². The van der Waals surface area contributed by atoms with Crippen molar-refractivity contribution in [2.75, 3.05) is 19.6 Å². The lowest BCUT2D eigenvalue weighted by Gasteiger charge is -2.34. The van der Waals surface area contributed by atoms with Crippen molar-refractivity contribution in [3.63, 3.8) is 0 Å². The first-order valence-electron chi connectivity index (χ1n) is 11.8. The van der Waals surface area contributed by atoms with E-state index in [1.807, 2.05) is 23.9 Å². The van der Waals surface area contributed by atoms with Crippen LogP contribution in [0.5, 0.6) is 0 Å². The number of aromatic nitrogens is 2. The van der Waals surface area contributed by atoms with Crippen LogP contribution in [0.2, 0.25) is 0 Å². The maximum Gasteiger partial charge on any atom is 0.416 e. The lowest BCUT2D eigenvalue weighted by Crippen LogP contribution is -2.47. The average molecular weight is 494 g/mol. The van der Waals surface area contributed by atoms with Gasteiger partial charge in [-0.3, -0.25) is 19.2 Å². The Kier molecular flexibility index (Phi) is 7.46. The van der Waals surface area contributed by atoms with Crippen molar-refractivity contribution >= 4 is 11.8 Å². The molecule has 0 radical (unpaired) electrons. The maximum atomic E-state index is 12.8. The molecule has 2 aromatic rings. The van der Waals surface area contributed by atoms with Gasteiger partial charge in [-0.2, -0.15) is 18.3 Å². The normalized spacial score (nSPS) is 25.4. The van der Waals surface area contributed by atoms with E-state index in [0.717, 1.165) is 49.6 Å². The highest BCUT2D eigenvalue weighted by Gasteiger charge is 2.37. The Morgan fingerprint density at radius 1 is 1.11 bits per heavy atom. The number of likely N-dealkylation sites (tertiary alicyclic amines) is 1. The van der Waals surface area contributed by atoms with Crippen LogP contribution in [-0.4, -0.2) is 69.4 Å². The zero-order chi connectivity index (χ0) is 25.2. The minimum absolute atomic E-state index is 0.180. The molecule has 1 aromatic heterocycles. The summed E-state index contributed by atoms with van der Waals surface area (Å²) in [6.45, 7) is 2.54. The molecule has 1 aliphatic carbocycles. The molecule has 2 atom stereocenters. The van der Waals surface area contributed by atoms with Gasteiger partial charge < -0.3 is 15.7 Å². The van der Waals surface area contributed by atoms with Crippen LogP contribution in [-0.2, 0) is 11.0 Å². The molecule has 0 unspecified atom stereocenters. The van der Waals surface area contributed by atoms with Crippen molar-refractivity contribution < 1.29 is 27.9 Å². The number of aliphatic hydroxyl groups excluding tert-OH is 1. The minimum Gasteiger partial charge on any atom is -0.390 e. The van der Waals surface area contributed by atoms with E-state index in [4.69, 9.17) is 0 Å². The van der Waals surface area contributed by atoms with E-state index in [1.54, 1.807) is 0 Å². The molecule has 0 spiro atoms. The minimum atomic E-state index is -4.56. The van der Waals surface area contributed by atoms with Crippen molar-refractivity contribution in [1.82, 2.24) is 25.3 Å². The zero-order valence-corrected chi connectivity index (χ0v) is 19.5. The van der Waals surface area contributed by atoms with E-state index >= 15 is 0 Å². The second kappa shape index (κ2) is 10.4. The highest BCUT2D eigenvalue weighted by molar-refractivity contribution is 5.96. The molecule has 2 heterocycles. The first-order chi connectivity index (χ1) is 16.6. The standard InChI is InChI=1S/C24H30F3N5O3/c1-15-9-10-32(30-15)19-7-5-18(6-8-19)31-13-20(21(33)14-31)29-22(34)12-28-23(35)16-3-2-4-17(11-16)24(25,26)27/h2-4,9-11,18-21,33H,5-8,12-14H2,1H3,(H,28,35)(H,29,34)/t18?,19?,20-,21+/m0/s1. The number of nitrogens with one attached hydrogen (secondary N) is 2. The summed E-state index contributed by atoms with van der Waals surface area (Å²) >= 11 is 0. The number of nitrogens with zero attached hydrogens (tertiary/aromatic N) is 3. The molecule has 8 nitrogen and oxygen atoms in total. The summed E-state index contributed by atoms with van der Waals surface area (Å²) in [7, 11) is 0. The number of rotatable bonds is 6. The van der Waals surface area contributed by atoms with Gasteiger partial charge in [0.2, 0.25) is 5.91 Å². The van der Waals surface area contributed by atoms with Crippen molar-refractivity contribution in [2.45, 2.75) is 63.0 Å². The van der Waals surface area contributed by atoms with E-state index in [2.05, 4.69) is 20.6 Å². The van der Waals surface area contributed by atoms with Crippen molar-refractivity contribution in [3.05, 3.63) is 53.3 Å². The molecule has 35 heavy (non-hydrogen) atoms. The topological polar surface area (TPSA) is 99.5 Å². The van der Waals surface area contributed by atoms with Gasteiger partial charge in [-0.15, -0.1) is 0 Å². The Hall–Kier alpha value is -2.92. The number of amides is 2. The number of aliphatic hydroxyl groups is 1. The molecule has 1 aromatic carbocycles. The summed E-state index contributed by atoms with van der Waals surface area (Å²) in [5.74, 6) is -1.28. The summed E-state index contributed by atoms with van der Waals surface area (Å²) in [6.07, 6.45) is 0.666.